The molecule has 0 heterocycles. The molecule has 2 aromatic rings. The predicted molar refractivity (Wildman–Crippen MR) is 136 cm³/mol. The summed E-state index contributed by atoms with van der Waals surface area (Å²) in [6, 6.07) is 17.0. The first-order valence-electron chi connectivity index (χ1n) is 12.4. The number of rotatable bonds is 11. The molecule has 5 atom stereocenters. The van der Waals surface area contributed by atoms with E-state index in [1.54, 1.807) is 19.1 Å². The van der Waals surface area contributed by atoms with Gasteiger partial charge in [-0.25, -0.2) is 13.1 Å². The minimum absolute atomic E-state index is 0. The summed E-state index contributed by atoms with van der Waals surface area (Å²) >= 11 is 0. The molecule has 0 saturated heterocycles. The van der Waals surface area contributed by atoms with E-state index in [1.165, 1.54) is 6.42 Å². The molecule has 5 nitrogen and oxygen atoms in total. The van der Waals surface area contributed by atoms with Crippen LogP contribution in [0.25, 0.3) is 11.1 Å². The number of hydrogen-bond acceptors (Lipinski definition) is 4. The molecule has 0 spiro atoms. The molecule has 0 aromatic heterocycles. The second kappa shape index (κ2) is 12.7. The van der Waals surface area contributed by atoms with Gasteiger partial charge in [0.15, 0.2) is 0 Å². The van der Waals surface area contributed by atoms with Crippen LogP contribution < -0.4 is 39.2 Å². The Bertz CT molecular complexity index is 1140. The van der Waals surface area contributed by atoms with E-state index in [0.717, 1.165) is 36.8 Å². The summed E-state index contributed by atoms with van der Waals surface area (Å²) in [5.74, 6) is 1.26. The summed E-state index contributed by atoms with van der Waals surface area (Å²) in [6.45, 7) is 1.69. The molecule has 0 aliphatic heterocycles. The Morgan fingerprint density at radius 1 is 1.00 bits per heavy atom. The van der Waals surface area contributed by atoms with Crippen LogP contribution >= 0.6 is 7.37 Å². The number of allylic oxidation sites excluding steroid dienone is 2. The molecule has 2 saturated carbocycles. The number of benzene rings is 2. The maximum Gasteiger partial charge on any atom is 1.00 e. The predicted octanol–water partition coefficient (Wildman–Crippen LogP) is 2.44. The van der Waals surface area contributed by atoms with Crippen LogP contribution in [0.4, 0.5) is 0 Å². The van der Waals surface area contributed by atoms with Crippen molar-refractivity contribution in [1.82, 2.24) is 4.72 Å². The minimum Gasteiger partial charge on any atom is -0.799 e. The van der Waals surface area contributed by atoms with Crippen LogP contribution in [0, 0.1) is 17.8 Å². The molecule has 2 fully saturated rings. The number of hydrogen-bond donors (Lipinski definition) is 1. The number of fused-ring (bicyclic) bond motifs is 2. The van der Waals surface area contributed by atoms with Gasteiger partial charge in [-0.2, -0.15) is 0 Å². The van der Waals surface area contributed by atoms with Gasteiger partial charge in [0.05, 0.1) is 4.90 Å². The third kappa shape index (κ3) is 7.41. The Labute approximate surface area is 232 Å². The molecule has 2 aliphatic carbocycles. The van der Waals surface area contributed by atoms with E-state index in [-0.39, 0.29) is 47.9 Å². The van der Waals surface area contributed by atoms with E-state index in [2.05, 4.69) is 16.9 Å². The summed E-state index contributed by atoms with van der Waals surface area (Å²) in [4.78, 5) is 12.0. The van der Waals surface area contributed by atoms with Gasteiger partial charge in [-0.15, -0.1) is 0 Å². The molecule has 0 radical (unpaired) electrons. The van der Waals surface area contributed by atoms with E-state index in [1.807, 2.05) is 42.5 Å². The molecule has 2 bridgehead atoms. The van der Waals surface area contributed by atoms with Crippen molar-refractivity contribution in [1.29, 1.82) is 0 Å². The summed E-state index contributed by atoms with van der Waals surface area (Å²) < 4.78 is 41.1. The van der Waals surface area contributed by atoms with Crippen LogP contribution in [0.3, 0.4) is 0 Å². The van der Waals surface area contributed by atoms with E-state index in [0.29, 0.717) is 29.1 Å². The second-order valence-corrected chi connectivity index (χ2v) is 14.2. The zero-order valence-corrected chi connectivity index (χ0v) is 24.5. The molecule has 4 unspecified atom stereocenters. The fourth-order valence-electron chi connectivity index (χ4n) is 5.62. The van der Waals surface area contributed by atoms with Gasteiger partial charge in [0, 0.05) is 13.4 Å². The van der Waals surface area contributed by atoms with Crippen LogP contribution in [0.15, 0.2) is 71.6 Å². The first-order valence-corrected chi connectivity index (χ1v) is 15.9. The van der Waals surface area contributed by atoms with Gasteiger partial charge in [-0.1, -0.05) is 61.5 Å². The topological polar surface area (TPSA) is 86.3 Å². The maximum atomic E-state index is 13.2. The monoisotopic (exact) mass is 523 g/mol. The Hall–Kier alpha value is -0.720. The Morgan fingerprint density at radius 2 is 1.66 bits per heavy atom. The van der Waals surface area contributed by atoms with Crippen LogP contribution in [-0.4, -0.2) is 26.8 Å². The first-order chi connectivity index (χ1) is 16.3. The van der Waals surface area contributed by atoms with Crippen LogP contribution in [0.2, 0.25) is 0 Å². The minimum atomic E-state index is -3.60. The molecule has 4 rings (SSSR count). The van der Waals surface area contributed by atoms with Crippen molar-refractivity contribution < 1.29 is 47.4 Å². The third-order valence-corrected chi connectivity index (χ3v) is 11.0. The molecule has 8 heteroatoms. The molecule has 2 aliphatic rings. The van der Waals surface area contributed by atoms with Gasteiger partial charge >= 0.3 is 29.6 Å². The fraction of sp³-hybridized carbons (Fsp3) is 0.481. The molecule has 35 heavy (non-hydrogen) atoms. The second-order valence-electron chi connectivity index (χ2n) is 9.74. The third-order valence-electron chi connectivity index (χ3n) is 7.58. The Balaban J connectivity index is 0.00000342. The molecular weight excluding hydrogens is 488 g/mol. The largest absolute Gasteiger partial charge is 1.00 e. The van der Waals surface area contributed by atoms with Gasteiger partial charge in [-0.05, 0) is 91.9 Å². The SMILES string of the molecule is CCP(=O)([O-])CCC/C=C\CC1C(NS(=O)(=O)c2ccc(-c3ccccc3)cc2)C2CC[C@@H]1C2.[Na+]. The van der Waals surface area contributed by atoms with E-state index in [9.17, 15) is 17.9 Å². The van der Waals surface area contributed by atoms with Crippen molar-refractivity contribution in [3.63, 3.8) is 0 Å². The Kier molecular flexibility index (Phi) is 10.5. The van der Waals surface area contributed by atoms with Gasteiger partial charge < -0.3 is 9.46 Å². The van der Waals surface area contributed by atoms with Gasteiger partial charge in [0.1, 0.15) is 0 Å². The van der Waals surface area contributed by atoms with Gasteiger partial charge in [0.25, 0.3) is 0 Å². The molecule has 2 aromatic carbocycles. The fourth-order valence-corrected chi connectivity index (χ4v) is 7.95. The molecular formula is C27H35NNaO4PS. The van der Waals surface area contributed by atoms with Gasteiger partial charge in [-0.3, -0.25) is 0 Å². The van der Waals surface area contributed by atoms with Crippen molar-refractivity contribution in [2.75, 3.05) is 12.3 Å². The number of sulfonamides is 1. The molecule has 184 valence electrons. The molecule has 1 N–H and O–H groups in total. The Morgan fingerprint density at radius 3 is 2.34 bits per heavy atom. The maximum absolute atomic E-state index is 13.2. The van der Waals surface area contributed by atoms with Crippen LogP contribution in [0.1, 0.15) is 45.4 Å². The standard InChI is InChI=1S/C27H36NO4PS.Na/c1-2-33(29,30)19-9-4-3-8-12-26-23-13-14-24(20-23)27(26)28-34(31,32)25-17-15-22(16-18-25)21-10-6-5-7-11-21;/h3,5-8,10-11,15-18,23-24,26-28H,2,4,9,12-14,19-20H2,1H3,(H,29,30);/q;+1/p-1/b8-3-;/t23-,24?,26?,27?;/m1./s1. The van der Waals surface area contributed by atoms with Crippen molar-refractivity contribution in [3.05, 3.63) is 66.7 Å². The van der Waals surface area contributed by atoms with E-state index >= 15 is 0 Å². The summed E-state index contributed by atoms with van der Waals surface area (Å²) in [5, 5.41) is 0. The first kappa shape index (κ1) is 28.8. The van der Waals surface area contributed by atoms with Crippen molar-refractivity contribution >= 4 is 17.4 Å². The summed E-state index contributed by atoms with van der Waals surface area (Å²) in [5.41, 5.74) is 2.06. The zero-order chi connectivity index (χ0) is 24.2. The average molecular weight is 524 g/mol. The van der Waals surface area contributed by atoms with Crippen LogP contribution in [0.5, 0.6) is 0 Å². The van der Waals surface area contributed by atoms with Crippen molar-refractivity contribution in [2.45, 2.75) is 56.4 Å². The zero-order valence-electron chi connectivity index (χ0n) is 20.8. The normalized spacial score (nSPS) is 25.4. The van der Waals surface area contributed by atoms with Crippen molar-refractivity contribution in [3.8, 4) is 11.1 Å². The quantitative estimate of drug-likeness (QED) is 0.212. The average Bonchev–Trinajstić information content (AvgIpc) is 3.44. The van der Waals surface area contributed by atoms with Crippen molar-refractivity contribution in [2.24, 2.45) is 17.8 Å². The number of nitrogens with one attached hydrogen (secondary N) is 1. The van der Waals surface area contributed by atoms with E-state index < -0.39 is 17.4 Å². The summed E-state index contributed by atoms with van der Waals surface area (Å²) in [7, 11) is -6.79. The van der Waals surface area contributed by atoms with E-state index in [4.69, 9.17) is 0 Å². The molecule has 0 amide bonds. The van der Waals surface area contributed by atoms with Crippen LogP contribution in [-0.2, 0) is 14.6 Å². The smallest absolute Gasteiger partial charge is 0.799 e. The van der Waals surface area contributed by atoms with Gasteiger partial charge in [0.2, 0.25) is 10.0 Å². The summed E-state index contributed by atoms with van der Waals surface area (Å²) in [6.07, 6.45) is 10.3. The number of unbranched alkanes of at least 4 members (excludes halogenated alkanes) is 1.